The lowest BCUT2D eigenvalue weighted by Crippen LogP contribution is -2.28. The number of nitrogens with one attached hydrogen (secondary N) is 1. The predicted octanol–water partition coefficient (Wildman–Crippen LogP) is 4.38. The molecule has 1 atom stereocenters. The first-order valence-corrected chi connectivity index (χ1v) is 7.74. The smallest absolute Gasteiger partial charge is 0.0454 e. The lowest BCUT2D eigenvalue weighted by molar-refractivity contribution is 0.296. The van der Waals surface area contributed by atoms with Gasteiger partial charge < -0.3 is 10.2 Å². The molecule has 1 aromatic rings. The second kappa shape index (κ2) is 8.80. The Morgan fingerprint density at radius 3 is 2.53 bits per heavy atom. The molecule has 0 saturated heterocycles. The molecule has 108 valence electrons. The quantitative estimate of drug-likeness (QED) is 0.717. The van der Waals surface area contributed by atoms with E-state index in [2.05, 4.69) is 31.0 Å². The predicted molar refractivity (Wildman–Crippen MR) is 85.3 cm³/mol. The summed E-state index contributed by atoms with van der Waals surface area (Å²) in [6.45, 7) is 10.9. The van der Waals surface area contributed by atoms with Gasteiger partial charge in [-0.3, -0.25) is 0 Å². The van der Waals surface area contributed by atoms with Gasteiger partial charge in [0.15, 0.2) is 0 Å². The van der Waals surface area contributed by atoms with E-state index in [0.29, 0.717) is 0 Å². The molecule has 0 fully saturated rings. The Morgan fingerprint density at radius 1 is 1.21 bits per heavy atom. The molecule has 0 amide bonds. The highest BCUT2D eigenvalue weighted by Gasteiger charge is 2.09. The van der Waals surface area contributed by atoms with E-state index < -0.39 is 0 Å². The van der Waals surface area contributed by atoms with Gasteiger partial charge in [0.05, 0.1) is 0 Å². The van der Waals surface area contributed by atoms with E-state index >= 15 is 0 Å². The maximum atomic E-state index is 6.19. The summed E-state index contributed by atoms with van der Waals surface area (Å²) in [7, 11) is 0. The molecule has 2 nitrogen and oxygen atoms in total. The molecule has 1 aromatic carbocycles. The van der Waals surface area contributed by atoms with E-state index in [0.717, 1.165) is 48.2 Å². The van der Waals surface area contributed by atoms with Crippen LogP contribution in [0.4, 0.5) is 0 Å². The zero-order valence-electron chi connectivity index (χ0n) is 12.0. The zero-order valence-corrected chi connectivity index (χ0v) is 13.6. The normalized spacial score (nSPS) is 12.9. The van der Waals surface area contributed by atoms with Crippen molar-refractivity contribution in [2.75, 3.05) is 26.2 Å². The van der Waals surface area contributed by atoms with Gasteiger partial charge in [-0.15, -0.1) is 0 Å². The Labute approximate surface area is 127 Å². The third-order valence-electron chi connectivity index (χ3n) is 3.42. The minimum absolute atomic E-state index is 0.225. The Bertz CT molecular complexity index is 378. The molecule has 0 spiro atoms. The highest BCUT2D eigenvalue weighted by molar-refractivity contribution is 6.33. The van der Waals surface area contributed by atoms with Crippen LogP contribution in [0.1, 0.15) is 38.8 Å². The Kier molecular flexibility index (Phi) is 7.77. The standard InChI is InChI=1S/C15H24Cl2N2/c1-4-19(5-2)10-6-9-18-12(3)14-11-13(16)7-8-15(14)17/h7-8,11-12,18H,4-6,9-10H2,1-3H3. The average molecular weight is 303 g/mol. The Morgan fingerprint density at radius 2 is 1.89 bits per heavy atom. The van der Waals surface area contributed by atoms with Crippen molar-refractivity contribution in [2.45, 2.75) is 33.2 Å². The first-order chi connectivity index (χ1) is 9.08. The molecule has 0 heterocycles. The van der Waals surface area contributed by atoms with Crippen LogP contribution in [-0.2, 0) is 0 Å². The van der Waals surface area contributed by atoms with Crippen LogP contribution in [0.5, 0.6) is 0 Å². The average Bonchev–Trinajstić information content (AvgIpc) is 2.41. The van der Waals surface area contributed by atoms with Crippen LogP contribution in [0, 0.1) is 0 Å². The monoisotopic (exact) mass is 302 g/mol. The van der Waals surface area contributed by atoms with Crippen molar-refractivity contribution in [1.29, 1.82) is 0 Å². The molecule has 0 aliphatic carbocycles. The van der Waals surface area contributed by atoms with Crippen LogP contribution in [0.25, 0.3) is 0 Å². The van der Waals surface area contributed by atoms with E-state index in [1.54, 1.807) is 0 Å². The highest BCUT2D eigenvalue weighted by Crippen LogP contribution is 2.25. The van der Waals surface area contributed by atoms with Crippen LogP contribution in [-0.4, -0.2) is 31.1 Å². The van der Waals surface area contributed by atoms with Gasteiger partial charge in [-0.1, -0.05) is 37.0 Å². The van der Waals surface area contributed by atoms with Crippen molar-refractivity contribution in [3.05, 3.63) is 33.8 Å². The van der Waals surface area contributed by atoms with Gasteiger partial charge in [0.2, 0.25) is 0 Å². The fraction of sp³-hybridized carbons (Fsp3) is 0.600. The van der Waals surface area contributed by atoms with Crippen LogP contribution in [0.2, 0.25) is 10.0 Å². The van der Waals surface area contributed by atoms with Gasteiger partial charge in [0, 0.05) is 16.1 Å². The number of hydrogen-bond acceptors (Lipinski definition) is 2. The van der Waals surface area contributed by atoms with Crippen molar-refractivity contribution < 1.29 is 0 Å². The minimum Gasteiger partial charge on any atom is -0.310 e. The fourth-order valence-corrected chi connectivity index (χ4v) is 2.58. The van der Waals surface area contributed by atoms with Crippen molar-refractivity contribution in [3.8, 4) is 0 Å². The van der Waals surface area contributed by atoms with Crippen molar-refractivity contribution in [2.24, 2.45) is 0 Å². The van der Waals surface area contributed by atoms with E-state index in [4.69, 9.17) is 23.2 Å². The van der Waals surface area contributed by atoms with Crippen molar-refractivity contribution in [1.82, 2.24) is 10.2 Å². The molecule has 0 radical (unpaired) electrons. The molecule has 4 heteroatoms. The van der Waals surface area contributed by atoms with Gasteiger partial charge in [-0.05, 0) is 63.3 Å². The summed E-state index contributed by atoms with van der Waals surface area (Å²) in [5.41, 5.74) is 1.07. The third kappa shape index (κ3) is 5.70. The number of hydrogen-bond donors (Lipinski definition) is 1. The summed E-state index contributed by atoms with van der Waals surface area (Å²) >= 11 is 12.2. The first kappa shape index (κ1) is 16.8. The summed E-state index contributed by atoms with van der Waals surface area (Å²) in [4.78, 5) is 2.43. The van der Waals surface area contributed by atoms with Gasteiger partial charge in [-0.25, -0.2) is 0 Å². The molecule has 0 aromatic heterocycles. The maximum Gasteiger partial charge on any atom is 0.0454 e. The van der Waals surface area contributed by atoms with Crippen molar-refractivity contribution in [3.63, 3.8) is 0 Å². The Hall–Kier alpha value is -0.280. The second-order valence-corrected chi connectivity index (χ2v) is 5.57. The number of nitrogens with zero attached hydrogens (tertiary/aromatic N) is 1. The molecule has 1 N–H and O–H groups in total. The number of benzene rings is 1. The summed E-state index contributed by atoms with van der Waals surface area (Å²) in [5, 5.41) is 5.00. The van der Waals surface area contributed by atoms with E-state index in [1.165, 1.54) is 0 Å². The van der Waals surface area contributed by atoms with Gasteiger partial charge in [0.1, 0.15) is 0 Å². The van der Waals surface area contributed by atoms with E-state index in [1.807, 2.05) is 18.2 Å². The Balaban J connectivity index is 2.39. The lowest BCUT2D eigenvalue weighted by atomic mass is 10.1. The van der Waals surface area contributed by atoms with Gasteiger partial charge >= 0.3 is 0 Å². The molecule has 0 aliphatic rings. The third-order valence-corrected chi connectivity index (χ3v) is 4.00. The maximum absolute atomic E-state index is 6.19. The summed E-state index contributed by atoms with van der Waals surface area (Å²) in [6.07, 6.45) is 1.14. The SMILES string of the molecule is CCN(CC)CCCNC(C)c1cc(Cl)ccc1Cl. The molecule has 1 rings (SSSR count). The minimum atomic E-state index is 0.225. The molecule has 0 aliphatic heterocycles. The molecule has 19 heavy (non-hydrogen) atoms. The molecular formula is C15H24Cl2N2. The fourth-order valence-electron chi connectivity index (χ4n) is 2.12. The summed E-state index contributed by atoms with van der Waals surface area (Å²) in [5.74, 6) is 0. The van der Waals surface area contributed by atoms with E-state index in [-0.39, 0.29) is 6.04 Å². The molecule has 0 bridgehead atoms. The van der Waals surface area contributed by atoms with Gasteiger partial charge in [0.25, 0.3) is 0 Å². The number of halogens is 2. The zero-order chi connectivity index (χ0) is 14.3. The topological polar surface area (TPSA) is 15.3 Å². The highest BCUT2D eigenvalue weighted by atomic mass is 35.5. The largest absolute Gasteiger partial charge is 0.310 e. The second-order valence-electron chi connectivity index (χ2n) is 4.72. The number of rotatable bonds is 8. The van der Waals surface area contributed by atoms with Crippen LogP contribution in [0.15, 0.2) is 18.2 Å². The van der Waals surface area contributed by atoms with Crippen LogP contribution < -0.4 is 5.32 Å². The van der Waals surface area contributed by atoms with Crippen molar-refractivity contribution >= 4 is 23.2 Å². The lowest BCUT2D eigenvalue weighted by Gasteiger charge is -2.20. The molecule has 1 unspecified atom stereocenters. The summed E-state index contributed by atoms with van der Waals surface area (Å²) < 4.78 is 0. The van der Waals surface area contributed by atoms with Crippen LogP contribution >= 0.6 is 23.2 Å². The van der Waals surface area contributed by atoms with Crippen LogP contribution in [0.3, 0.4) is 0 Å². The van der Waals surface area contributed by atoms with E-state index in [9.17, 15) is 0 Å². The molecular weight excluding hydrogens is 279 g/mol. The summed E-state index contributed by atoms with van der Waals surface area (Å²) in [6, 6.07) is 5.84. The first-order valence-electron chi connectivity index (χ1n) is 6.99. The van der Waals surface area contributed by atoms with Gasteiger partial charge in [-0.2, -0.15) is 0 Å². The molecule has 0 saturated carbocycles.